The van der Waals surface area contributed by atoms with E-state index in [1.54, 1.807) is 0 Å². The molecular weight excluding hydrogens is 156 g/mol. The van der Waals surface area contributed by atoms with E-state index in [2.05, 4.69) is 6.58 Å². The van der Waals surface area contributed by atoms with Gasteiger partial charge in [0.2, 0.25) is 0 Å². The first-order chi connectivity index (χ1) is 5.77. The second-order valence-corrected chi connectivity index (χ2v) is 2.60. The molecule has 0 aliphatic rings. The summed E-state index contributed by atoms with van der Waals surface area (Å²) in [5, 5.41) is 8.32. The largest absolute Gasteiger partial charge is 0.502 e. The summed E-state index contributed by atoms with van der Waals surface area (Å²) in [7, 11) is 0. The molecule has 0 spiro atoms. The molecule has 3 heteroatoms. The fourth-order valence-electron chi connectivity index (χ4n) is 0.899. The van der Waals surface area contributed by atoms with Gasteiger partial charge in [-0.1, -0.05) is 19.4 Å². The van der Waals surface area contributed by atoms with Crippen LogP contribution in [-0.2, 0) is 9.53 Å². The van der Waals surface area contributed by atoms with Gasteiger partial charge in [0.25, 0.3) is 0 Å². The first kappa shape index (κ1) is 11.0. The van der Waals surface area contributed by atoms with Crippen LogP contribution in [0.25, 0.3) is 0 Å². The van der Waals surface area contributed by atoms with Crippen molar-refractivity contribution in [3.8, 4) is 0 Å². The van der Waals surface area contributed by atoms with Crippen molar-refractivity contribution in [3.05, 3.63) is 12.8 Å². The minimum absolute atomic E-state index is 0.280. The molecule has 0 unspecified atom stereocenters. The highest BCUT2D eigenvalue weighted by Gasteiger charge is 1.95. The van der Waals surface area contributed by atoms with Gasteiger partial charge >= 0.3 is 5.97 Å². The molecular formula is C9H16O3. The molecule has 0 aromatic rings. The van der Waals surface area contributed by atoms with Crippen LogP contribution < -0.4 is 0 Å². The summed E-state index contributed by atoms with van der Waals surface area (Å²) >= 11 is 0. The van der Waals surface area contributed by atoms with Crippen LogP contribution in [0.15, 0.2) is 12.8 Å². The van der Waals surface area contributed by atoms with Gasteiger partial charge in [-0.05, 0) is 12.8 Å². The zero-order chi connectivity index (χ0) is 9.23. The molecule has 0 atom stereocenters. The highest BCUT2D eigenvalue weighted by atomic mass is 16.5. The zero-order valence-electron chi connectivity index (χ0n) is 7.29. The second kappa shape index (κ2) is 8.11. The van der Waals surface area contributed by atoms with Crippen molar-refractivity contribution >= 4 is 5.97 Å². The number of carboxylic acid groups (broad SMARTS) is 1. The van der Waals surface area contributed by atoms with Gasteiger partial charge in [-0.3, -0.25) is 4.79 Å². The van der Waals surface area contributed by atoms with Gasteiger partial charge in [-0.25, -0.2) is 0 Å². The van der Waals surface area contributed by atoms with Crippen molar-refractivity contribution in [2.75, 3.05) is 6.61 Å². The molecule has 12 heavy (non-hydrogen) atoms. The average Bonchev–Trinajstić information content (AvgIpc) is 2.02. The summed E-state index contributed by atoms with van der Waals surface area (Å²) in [5.41, 5.74) is 0. The lowest BCUT2D eigenvalue weighted by Gasteiger charge is -1.99. The number of ether oxygens (including phenoxy) is 1. The predicted octanol–water partition coefficient (Wildman–Crippen LogP) is 2.18. The maximum Gasteiger partial charge on any atom is 0.303 e. The molecule has 0 saturated heterocycles. The van der Waals surface area contributed by atoms with Crippen LogP contribution in [0.2, 0.25) is 0 Å². The molecule has 0 aliphatic heterocycles. The standard InChI is InChI=1S/C9H16O3/c1-2-12-8-6-4-3-5-7-9(10)11/h2H,1,3-8H2,(H,10,11). The van der Waals surface area contributed by atoms with Gasteiger partial charge in [0.15, 0.2) is 0 Å². The molecule has 0 aromatic heterocycles. The maximum absolute atomic E-state index is 10.1. The minimum Gasteiger partial charge on any atom is -0.502 e. The van der Waals surface area contributed by atoms with Crippen LogP contribution >= 0.6 is 0 Å². The highest BCUT2D eigenvalue weighted by molar-refractivity contribution is 5.66. The van der Waals surface area contributed by atoms with E-state index in [0.29, 0.717) is 6.61 Å². The third-order valence-electron chi connectivity index (χ3n) is 1.52. The van der Waals surface area contributed by atoms with Crippen molar-refractivity contribution in [2.24, 2.45) is 0 Å². The molecule has 70 valence electrons. The van der Waals surface area contributed by atoms with Crippen LogP contribution in [0.1, 0.15) is 32.1 Å². The lowest BCUT2D eigenvalue weighted by atomic mass is 10.1. The summed E-state index contributed by atoms with van der Waals surface area (Å²) in [5.74, 6) is -0.711. The normalized spacial score (nSPS) is 9.33. The summed E-state index contributed by atoms with van der Waals surface area (Å²) in [4.78, 5) is 10.1. The lowest BCUT2D eigenvalue weighted by Crippen LogP contribution is -1.94. The van der Waals surface area contributed by atoms with Crippen molar-refractivity contribution in [1.29, 1.82) is 0 Å². The Bertz CT molecular complexity index is 132. The minimum atomic E-state index is -0.711. The van der Waals surface area contributed by atoms with Crippen LogP contribution in [0.3, 0.4) is 0 Å². The first-order valence-electron chi connectivity index (χ1n) is 4.21. The number of carboxylic acids is 1. The van der Waals surface area contributed by atoms with E-state index in [1.807, 2.05) is 0 Å². The SMILES string of the molecule is C=COCCCCCCC(=O)O. The van der Waals surface area contributed by atoms with E-state index in [1.165, 1.54) is 6.26 Å². The molecule has 0 saturated carbocycles. The van der Waals surface area contributed by atoms with Crippen LogP contribution in [-0.4, -0.2) is 17.7 Å². The van der Waals surface area contributed by atoms with Crippen molar-refractivity contribution in [2.45, 2.75) is 32.1 Å². The van der Waals surface area contributed by atoms with E-state index in [-0.39, 0.29) is 6.42 Å². The summed E-state index contributed by atoms with van der Waals surface area (Å²) in [6, 6.07) is 0. The Hall–Kier alpha value is -0.990. The molecule has 0 heterocycles. The molecule has 0 amide bonds. The number of rotatable bonds is 8. The third kappa shape index (κ3) is 9.01. The molecule has 0 aliphatic carbocycles. The molecule has 0 fully saturated rings. The fraction of sp³-hybridized carbons (Fsp3) is 0.667. The summed E-state index contributed by atoms with van der Waals surface area (Å²) < 4.78 is 4.91. The van der Waals surface area contributed by atoms with E-state index in [9.17, 15) is 4.79 Å². The Kier molecular flexibility index (Phi) is 7.44. The van der Waals surface area contributed by atoms with Gasteiger partial charge in [0, 0.05) is 6.42 Å². The van der Waals surface area contributed by atoms with Crippen LogP contribution in [0.5, 0.6) is 0 Å². The number of aliphatic carboxylic acids is 1. The molecule has 0 bridgehead atoms. The number of hydrogen-bond donors (Lipinski definition) is 1. The number of unbranched alkanes of at least 4 members (excludes halogenated alkanes) is 3. The number of carbonyl (C=O) groups is 1. The second-order valence-electron chi connectivity index (χ2n) is 2.60. The molecule has 0 radical (unpaired) electrons. The predicted molar refractivity (Wildman–Crippen MR) is 46.9 cm³/mol. The van der Waals surface area contributed by atoms with Crippen molar-refractivity contribution in [1.82, 2.24) is 0 Å². The Balaban J connectivity index is 2.90. The smallest absolute Gasteiger partial charge is 0.303 e. The highest BCUT2D eigenvalue weighted by Crippen LogP contribution is 2.02. The van der Waals surface area contributed by atoms with Gasteiger partial charge in [0.1, 0.15) is 0 Å². The average molecular weight is 172 g/mol. The first-order valence-corrected chi connectivity index (χ1v) is 4.21. The monoisotopic (exact) mass is 172 g/mol. The van der Waals surface area contributed by atoms with Crippen molar-refractivity contribution < 1.29 is 14.6 Å². The van der Waals surface area contributed by atoms with E-state index in [0.717, 1.165) is 25.7 Å². The number of hydrogen-bond acceptors (Lipinski definition) is 2. The van der Waals surface area contributed by atoms with E-state index in [4.69, 9.17) is 9.84 Å². The molecule has 1 N–H and O–H groups in total. The van der Waals surface area contributed by atoms with E-state index >= 15 is 0 Å². The molecule has 3 nitrogen and oxygen atoms in total. The third-order valence-corrected chi connectivity index (χ3v) is 1.52. The fourth-order valence-corrected chi connectivity index (χ4v) is 0.899. The summed E-state index contributed by atoms with van der Waals surface area (Å²) in [6.45, 7) is 4.11. The van der Waals surface area contributed by atoms with E-state index < -0.39 is 5.97 Å². The Morgan fingerprint density at radius 3 is 2.58 bits per heavy atom. The van der Waals surface area contributed by atoms with Crippen molar-refractivity contribution in [3.63, 3.8) is 0 Å². The Morgan fingerprint density at radius 1 is 1.33 bits per heavy atom. The Morgan fingerprint density at radius 2 is 2.00 bits per heavy atom. The van der Waals surface area contributed by atoms with Gasteiger partial charge in [-0.2, -0.15) is 0 Å². The van der Waals surface area contributed by atoms with Gasteiger partial charge in [-0.15, -0.1) is 0 Å². The van der Waals surface area contributed by atoms with Crippen LogP contribution in [0.4, 0.5) is 0 Å². The van der Waals surface area contributed by atoms with Crippen LogP contribution in [0, 0.1) is 0 Å². The van der Waals surface area contributed by atoms with Gasteiger partial charge in [0.05, 0.1) is 12.9 Å². The quantitative estimate of drug-likeness (QED) is 0.451. The topological polar surface area (TPSA) is 46.5 Å². The maximum atomic E-state index is 10.1. The zero-order valence-corrected chi connectivity index (χ0v) is 7.29. The molecule has 0 rings (SSSR count). The summed E-state index contributed by atoms with van der Waals surface area (Å²) in [6.07, 6.45) is 5.45. The Labute approximate surface area is 73.0 Å². The lowest BCUT2D eigenvalue weighted by molar-refractivity contribution is -0.137. The molecule has 0 aromatic carbocycles. The van der Waals surface area contributed by atoms with Gasteiger partial charge < -0.3 is 9.84 Å².